The van der Waals surface area contributed by atoms with Gasteiger partial charge in [0.1, 0.15) is 54.1 Å². The molecular formula is C45H68N12O13S2. The first-order valence-corrected chi connectivity index (χ1v) is 25.9. The van der Waals surface area contributed by atoms with E-state index in [1.807, 2.05) is 0 Å². The summed E-state index contributed by atoms with van der Waals surface area (Å²) in [6.07, 6.45) is -0.906. The van der Waals surface area contributed by atoms with Crippen LogP contribution >= 0.6 is 21.6 Å². The highest BCUT2D eigenvalue weighted by Crippen LogP contribution is 2.26. The van der Waals surface area contributed by atoms with Gasteiger partial charge >= 0.3 is 0 Å². The summed E-state index contributed by atoms with van der Waals surface area (Å²) in [6.45, 7) is 7.68. The lowest BCUT2D eigenvalue weighted by Crippen LogP contribution is -2.62. The number of rotatable bonds is 18. The van der Waals surface area contributed by atoms with Gasteiger partial charge in [-0.05, 0) is 55.2 Å². The summed E-state index contributed by atoms with van der Waals surface area (Å²) in [7, 11) is 1.95. The molecule has 398 valence electrons. The minimum Gasteiger partial charge on any atom is -0.508 e. The average molecular weight is 1050 g/mol. The molecule has 27 heteroatoms. The molecule has 0 bridgehead atoms. The Morgan fingerprint density at radius 1 is 0.778 bits per heavy atom. The summed E-state index contributed by atoms with van der Waals surface area (Å²) in [5.74, 6) is -11.5. The number of hydrogen-bond acceptors (Lipinski definition) is 15. The second kappa shape index (κ2) is 29.0. The third-order valence-electron chi connectivity index (χ3n) is 11.6. The second-order valence-corrected chi connectivity index (χ2v) is 20.6. The number of benzene rings is 1. The number of nitrogens with one attached hydrogen (secondary N) is 8. The van der Waals surface area contributed by atoms with Crippen LogP contribution in [0.1, 0.15) is 85.1 Å². The molecule has 0 radical (unpaired) electrons. The molecule has 0 saturated carbocycles. The first-order chi connectivity index (χ1) is 33.9. The predicted octanol–water partition coefficient (Wildman–Crippen LogP) is -3.43. The number of nitrogens with zero attached hydrogens (tertiary/aromatic N) is 1. The molecular weight excluding hydrogens is 981 g/mol. The van der Waals surface area contributed by atoms with Crippen LogP contribution in [0.2, 0.25) is 0 Å². The Hall–Kier alpha value is -6.64. The molecule has 0 aromatic heterocycles. The quantitative estimate of drug-likeness (QED) is 0.0637. The number of carbonyl (C=O) groups excluding carboxylic acids is 12. The average Bonchev–Trinajstić information content (AvgIpc) is 3.81. The van der Waals surface area contributed by atoms with Gasteiger partial charge in [0.05, 0.1) is 13.0 Å². The van der Waals surface area contributed by atoms with Crippen LogP contribution in [0, 0.1) is 11.8 Å². The van der Waals surface area contributed by atoms with Crippen molar-refractivity contribution in [1.29, 1.82) is 0 Å². The van der Waals surface area contributed by atoms with Crippen molar-refractivity contribution in [2.75, 3.05) is 24.6 Å². The normalized spacial score (nSPS) is 23.7. The Kier molecular flexibility index (Phi) is 24.0. The molecule has 2 heterocycles. The van der Waals surface area contributed by atoms with Crippen molar-refractivity contribution in [3.63, 3.8) is 0 Å². The van der Waals surface area contributed by atoms with E-state index in [0.717, 1.165) is 21.6 Å². The fraction of sp³-hybridized carbons (Fsp3) is 0.600. The number of hydrogen-bond donors (Lipinski definition) is 12. The van der Waals surface area contributed by atoms with E-state index in [-0.39, 0.29) is 49.0 Å². The Balaban J connectivity index is 2.12. The Morgan fingerprint density at radius 2 is 1.39 bits per heavy atom. The largest absolute Gasteiger partial charge is 0.508 e. The van der Waals surface area contributed by atoms with Crippen LogP contribution in [0.5, 0.6) is 5.75 Å². The highest BCUT2D eigenvalue weighted by Gasteiger charge is 2.41. The van der Waals surface area contributed by atoms with E-state index in [9.17, 15) is 62.6 Å². The zero-order valence-corrected chi connectivity index (χ0v) is 42.5. The van der Waals surface area contributed by atoms with Crippen molar-refractivity contribution >= 4 is 92.5 Å². The van der Waals surface area contributed by atoms with E-state index >= 15 is 0 Å². The predicted molar refractivity (Wildman–Crippen MR) is 264 cm³/mol. The number of phenolic OH excluding ortho intramolecular Hbond substituents is 1. The van der Waals surface area contributed by atoms with Crippen LogP contribution < -0.4 is 59.7 Å². The summed E-state index contributed by atoms with van der Waals surface area (Å²) in [4.78, 5) is 162. The van der Waals surface area contributed by atoms with Crippen LogP contribution in [-0.4, -0.2) is 154 Å². The summed E-state index contributed by atoms with van der Waals surface area (Å²) < 4.78 is 0. The second-order valence-electron chi connectivity index (χ2n) is 18.0. The van der Waals surface area contributed by atoms with Crippen LogP contribution in [0.4, 0.5) is 0 Å². The van der Waals surface area contributed by atoms with E-state index in [4.69, 9.17) is 17.2 Å². The highest BCUT2D eigenvalue weighted by atomic mass is 33.1. The number of phenols is 1. The van der Waals surface area contributed by atoms with Crippen LogP contribution in [-0.2, 0) is 64.0 Å². The smallest absolute Gasteiger partial charge is 0.246 e. The van der Waals surface area contributed by atoms with Crippen molar-refractivity contribution in [3.05, 3.63) is 29.8 Å². The van der Waals surface area contributed by atoms with Crippen molar-refractivity contribution < 1.29 is 62.6 Å². The van der Waals surface area contributed by atoms with Crippen LogP contribution in [0.3, 0.4) is 0 Å². The van der Waals surface area contributed by atoms with Crippen molar-refractivity contribution in [2.45, 2.75) is 134 Å². The van der Waals surface area contributed by atoms with Gasteiger partial charge < -0.3 is 69.7 Å². The fourth-order valence-corrected chi connectivity index (χ4v) is 10.0. The highest BCUT2D eigenvalue weighted by molar-refractivity contribution is 8.76. The van der Waals surface area contributed by atoms with E-state index in [1.54, 1.807) is 27.7 Å². The Bertz CT molecular complexity index is 2170. The molecule has 2 saturated heterocycles. The maximum Gasteiger partial charge on any atom is 0.246 e. The Labute approximate surface area is 424 Å². The molecule has 1 unspecified atom stereocenters. The molecule has 1 aromatic rings. The minimum atomic E-state index is -1.78. The van der Waals surface area contributed by atoms with E-state index in [2.05, 4.69) is 42.5 Å². The maximum absolute atomic E-state index is 14.6. The summed E-state index contributed by atoms with van der Waals surface area (Å²) in [5.41, 5.74) is 16.6. The molecule has 2 fully saturated rings. The molecule has 3 rings (SSSR count). The third kappa shape index (κ3) is 19.5. The van der Waals surface area contributed by atoms with Gasteiger partial charge in [-0.2, -0.15) is 0 Å². The van der Waals surface area contributed by atoms with Gasteiger partial charge in [0.2, 0.25) is 70.9 Å². The number of carbonyl (C=O) groups is 12. The standard InChI is InChI=1S/C45H68N12O13S2/c1-6-23(4)37-44(69)51-27(13-14-34(46)60)39(64)53-30(18-35(47)61)40(65)55-32(45(70)57-15-7-8-33(57)43(68)54-28(16-22(2)3)38(63)49-19-36(48)62)21-72-71-20-31(50-24(5)58)42(67)52-29(41(66)56-37)17-25-9-11-26(59)12-10-25/h9-12,22-23,27-33,37,59H,6-8,13-21H2,1-5H3,(H2,46,60)(H2,47,61)(H2,48,62)(H,49,63)(H,50,58)(H,51,69)(H,52,67)(H,53,64)(H,54,68)(H,55,65)(H,56,66)/t23?,27-,28-,29-,30-,31+,32+,33-,37-/m0/s1. The molecule has 1 aromatic carbocycles. The van der Waals surface area contributed by atoms with E-state index < -0.39 is 151 Å². The molecule has 15 N–H and O–H groups in total. The number of likely N-dealkylation sites (tertiary alicyclic amines) is 1. The molecule has 2 aliphatic rings. The molecule has 72 heavy (non-hydrogen) atoms. The summed E-state index contributed by atoms with van der Waals surface area (Å²) >= 11 is 0. The molecule has 9 atom stereocenters. The first kappa shape index (κ1) is 59.7. The molecule has 12 amide bonds. The monoisotopic (exact) mass is 1050 g/mol. The zero-order chi connectivity index (χ0) is 53.8. The van der Waals surface area contributed by atoms with Gasteiger partial charge in [0, 0.05) is 37.8 Å². The lowest BCUT2D eigenvalue weighted by molar-refractivity contribution is -0.142. The maximum atomic E-state index is 14.6. The van der Waals surface area contributed by atoms with E-state index in [0.29, 0.717) is 18.4 Å². The molecule has 0 spiro atoms. The molecule has 25 nitrogen and oxygen atoms in total. The first-order valence-electron chi connectivity index (χ1n) is 23.4. The van der Waals surface area contributed by atoms with Crippen LogP contribution in [0.25, 0.3) is 0 Å². The fourth-order valence-electron chi connectivity index (χ4n) is 7.68. The SMILES string of the molecule is CCC(C)[C@@H]1NC(=O)[C@H](Cc2ccc(O)cc2)NC(=O)[C@H](NC(C)=O)CSSC[C@H](C(=O)N2CCC[C@H]2C(=O)N[C@@H](CC(C)C)C(=O)NCC(N)=O)NC(=O)[C@H](CC(N)=O)NC(=O)[C@H](CCC(N)=O)NC1=O. The lowest BCUT2D eigenvalue weighted by Gasteiger charge is -2.31. The topological polar surface area (TPSA) is 403 Å². The van der Waals surface area contributed by atoms with Gasteiger partial charge in [-0.25, -0.2) is 0 Å². The number of nitrogens with two attached hydrogens (primary N) is 3. The van der Waals surface area contributed by atoms with Crippen molar-refractivity contribution in [2.24, 2.45) is 29.0 Å². The van der Waals surface area contributed by atoms with Crippen molar-refractivity contribution in [1.82, 2.24) is 47.4 Å². The van der Waals surface area contributed by atoms with Crippen LogP contribution in [0.15, 0.2) is 24.3 Å². The number of aromatic hydroxyl groups is 1. The molecule has 2 aliphatic heterocycles. The van der Waals surface area contributed by atoms with Crippen molar-refractivity contribution in [3.8, 4) is 5.75 Å². The summed E-state index contributed by atoms with van der Waals surface area (Å²) in [6, 6.07) is -5.48. The number of amides is 12. The third-order valence-corrected chi connectivity index (χ3v) is 14.1. The summed E-state index contributed by atoms with van der Waals surface area (Å²) in [5, 5.41) is 30.3. The zero-order valence-electron chi connectivity index (χ0n) is 40.9. The lowest BCUT2D eigenvalue weighted by atomic mass is 9.96. The minimum absolute atomic E-state index is 0.0216. The van der Waals surface area contributed by atoms with E-state index in [1.165, 1.54) is 36.1 Å². The Morgan fingerprint density at radius 3 is 1.99 bits per heavy atom. The van der Waals surface area contributed by atoms with Gasteiger partial charge in [-0.15, -0.1) is 0 Å². The number of primary amides is 3. The van der Waals surface area contributed by atoms with Gasteiger partial charge in [-0.3, -0.25) is 57.5 Å². The van der Waals surface area contributed by atoms with Gasteiger partial charge in [-0.1, -0.05) is 67.8 Å². The van der Waals surface area contributed by atoms with Gasteiger partial charge in [0.25, 0.3) is 0 Å². The molecule has 0 aliphatic carbocycles. The van der Waals surface area contributed by atoms with Gasteiger partial charge in [0.15, 0.2) is 0 Å².